The molecule has 35 heavy (non-hydrogen) atoms. The summed E-state index contributed by atoms with van der Waals surface area (Å²) in [5.41, 5.74) is 1.26. The van der Waals surface area contributed by atoms with Gasteiger partial charge in [-0.05, 0) is 69.0 Å². The highest BCUT2D eigenvalue weighted by Crippen LogP contribution is 2.40. The van der Waals surface area contributed by atoms with E-state index < -0.39 is 15.6 Å². The van der Waals surface area contributed by atoms with E-state index in [2.05, 4.69) is 13.8 Å². The van der Waals surface area contributed by atoms with Gasteiger partial charge in [-0.15, -0.1) is 0 Å². The van der Waals surface area contributed by atoms with Gasteiger partial charge in [0.1, 0.15) is 5.60 Å². The van der Waals surface area contributed by atoms with Crippen LogP contribution >= 0.6 is 0 Å². The molecule has 0 aromatic heterocycles. The topological polar surface area (TPSA) is 74.3 Å². The van der Waals surface area contributed by atoms with Gasteiger partial charge in [0.05, 0.1) is 25.7 Å². The summed E-state index contributed by atoms with van der Waals surface area (Å²) in [6, 6.07) is 8.52. The van der Waals surface area contributed by atoms with Crippen LogP contribution in [0, 0.1) is 5.92 Å². The molecule has 0 bridgehead atoms. The van der Waals surface area contributed by atoms with Crippen LogP contribution in [0.15, 0.2) is 41.3 Å². The van der Waals surface area contributed by atoms with Crippen LogP contribution in [0.3, 0.4) is 0 Å². The van der Waals surface area contributed by atoms with Crippen molar-refractivity contribution in [3.05, 3.63) is 47.5 Å². The number of fused-ring (bicyclic) bond motifs is 1. The minimum atomic E-state index is -3.81. The summed E-state index contributed by atoms with van der Waals surface area (Å²) in [5, 5.41) is 0. The molecule has 2 aromatic carbocycles. The lowest BCUT2D eigenvalue weighted by Crippen LogP contribution is -2.32. The first-order valence-electron chi connectivity index (χ1n) is 11.9. The number of ether oxygens (including phenoxy) is 4. The smallest absolute Gasteiger partial charge is 0.243 e. The lowest BCUT2D eigenvalue weighted by Gasteiger charge is -2.30. The Balaban J connectivity index is 2.02. The molecular formula is C27H37NO6S. The first-order chi connectivity index (χ1) is 16.5. The Bertz CT molecular complexity index is 1170. The lowest BCUT2D eigenvalue weighted by molar-refractivity contribution is 0.150. The molecule has 1 heterocycles. The van der Waals surface area contributed by atoms with E-state index >= 15 is 0 Å². The Hall–Kier alpha value is -2.71. The number of rotatable bonds is 11. The third-order valence-corrected chi connectivity index (χ3v) is 7.62. The highest BCUT2D eigenvalue weighted by Gasteiger charge is 2.29. The van der Waals surface area contributed by atoms with Crippen LogP contribution in [0.5, 0.6) is 23.0 Å². The highest BCUT2D eigenvalue weighted by molar-refractivity contribution is 7.89. The Morgan fingerprint density at radius 1 is 1.03 bits per heavy atom. The molecule has 0 saturated heterocycles. The zero-order valence-corrected chi connectivity index (χ0v) is 22.6. The summed E-state index contributed by atoms with van der Waals surface area (Å²) in [4.78, 5) is 0.159. The van der Waals surface area contributed by atoms with Gasteiger partial charge in [-0.25, -0.2) is 8.42 Å². The van der Waals surface area contributed by atoms with Crippen LogP contribution in [0.1, 0.15) is 52.2 Å². The largest absolute Gasteiger partial charge is 0.493 e. The molecule has 3 rings (SSSR count). The Kier molecular flexibility index (Phi) is 8.38. The van der Waals surface area contributed by atoms with Crippen molar-refractivity contribution in [3.63, 3.8) is 0 Å². The summed E-state index contributed by atoms with van der Waals surface area (Å²) >= 11 is 0. The van der Waals surface area contributed by atoms with E-state index in [0.717, 1.165) is 17.5 Å². The fourth-order valence-electron chi connectivity index (χ4n) is 3.87. The Morgan fingerprint density at radius 2 is 1.74 bits per heavy atom. The van der Waals surface area contributed by atoms with Crippen molar-refractivity contribution in [2.75, 3.05) is 27.4 Å². The molecule has 0 radical (unpaired) electrons. The average Bonchev–Trinajstić information content (AvgIpc) is 2.81. The number of hydrogen-bond donors (Lipinski definition) is 0. The van der Waals surface area contributed by atoms with E-state index in [4.69, 9.17) is 18.9 Å². The first-order valence-corrected chi connectivity index (χ1v) is 13.3. The summed E-state index contributed by atoms with van der Waals surface area (Å²) < 4.78 is 51.7. The molecule has 8 heteroatoms. The maximum atomic E-state index is 13.8. The van der Waals surface area contributed by atoms with Crippen LogP contribution in [0.25, 0.3) is 6.08 Å². The third-order valence-electron chi connectivity index (χ3n) is 5.78. The highest BCUT2D eigenvalue weighted by atomic mass is 32.2. The van der Waals surface area contributed by atoms with Crippen LogP contribution in [-0.4, -0.2) is 45.7 Å². The van der Waals surface area contributed by atoms with Gasteiger partial charge >= 0.3 is 0 Å². The number of sulfonamides is 1. The molecule has 0 aliphatic carbocycles. The van der Waals surface area contributed by atoms with Crippen molar-refractivity contribution in [2.24, 2.45) is 5.92 Å². The molecule has 0 N–H and O–H groups in total. The van der Waals surface area contributed by atoms with Crippen molar-refractivity contribution < 1.29 is 27.4 Å². The van der Waals surface area contributed by atoms with Crippen LogP contribution in [0.4, 0.5) is 0 Å². The van der Waals surface area contributed by atoms with E-state index in [-0.39, 0.29) is 11.4 Å². The summed E-state index contributed by atoms with van der Waals surface area (Å²) in [6.45, 7) is 11.1. The van der Waals surface area contributed by atoms with E-state index in [1.54, 1.807) is 12.1 Å². The lowest BCUT2D eigenvalue weighted by atomic mass is 10.00. The zero-order valence-electron chi connectivity index (χ0n) is 21.8. The van der Waals surface area contributed by atoms with E-state index in [0.29, 0.717) is 42.1 Å². The molecule has 1 aliphatic heterocycles. The maximum Gasteiger partial charge on any atom is 0.243 e. The Morgan fingerprint density at radius 3 is 2.37 bits per heavy atom. The van der Waals surface area contributed by atoms with Crippen molar-refractivity contribution in [1.29, 1.82) is 0 Å². The van der Waals surface area contributed by atoms with Gasteiger partial charge in [0.15, 0.2) is 23.0 Å². The summed E-state index contributed by atoms with van der Waals surface area (Å²) in [7, 11) is -0.800. The Labute approximate surface area is 209 Å². The second kappa shape index (κ2) is 10.9. The fourth-order valence-corrected chi connectivity index (χ4v) is 5.33. The van der Waals surface area contributed by atoms with E-state index in [1.807, 2.05) is 45.1 Å². The molecular weight excluding hydrogens is 466 g/mol. The van der Waals surface area contributed by atoms with E-state index in [9.17, 15) is 8.42 Å². The monoisotopic (exact) mass is 503 g/mol. The molecule has 0 atom stereocenters. The van der Waals surface area contributed by atoms with Gasteiger partial charge in [0, 0.05) is 24.7 Å². The summed E-state index contributed by atoms with van der Waals surface area (Å²) in [6.07, 6.45) is 4.73. The van der Waals surface area contributed by atoms with Crippen molar-refractivity contribution in [1.82, 2.24) is 4.31 Å². The summed E-state index contributed by atoms with van der Waals surface area (Å²) in [5.74, 6) is 2.49. The minimum Gasteiger partial charge on any atom is -0.493 e. The standard InChI is InChI=1S/C27H37NO6S/c1-8-33-25-16-20(15-21-11-13-27(4,5)34-26(21)25)18-28(14-12-19(2)3)35(29,30)22-9-10-23(31-6)24(17-22)32-7/h9-11,13,15-17,19H,8,12,14,18H2,1-7H3. The molecule has 0 amide bonds. The molecule has 0 fully saturated rings. The van der Waals surface area contributed by atoms with Gasteiger partial charge in [-0.2, -0.15) is 4.31 Å². The predicted octanol–water partition coefficient (Wildman–Crippen LogP) is 5.52. The number of hydrogen-bond acceptors (Lipinski definition) is 6. The van der Waals surface area contributed by atoms with Gasteiger partial charge in [-0.3, -0.25) is 0 Å². The zero-order chi connectivity index (χ0) is 25.8. The van der Waals surface area contributed by atoms with Crippen LogP contribution < -0.4 is 18.9 Å². The van der Waals surface area contributed by atoms with Crippen LogP contribution in [0.2, 0.25) is 0 Å². The normalized spacial score (nSPS) is 14.5. The fraction of sp³-hybridized carbons (Fsp3) is 0.481. The van der Waals surface area contributed by atoms with Crippen molar-refractivity contribution in [3.8, 4) is 23.0 Å². The molecule has 7 nitrogen and oxygen atoms in total. The van der Waals surface area contributed by atoms with Gasteiger partial charge < -0.3 is 18.9 Å². The van der Waals surface area contributed by atoms with Gasteiger partial charge in [-0.1, -0.05) is 19.9 Å². The second-order valence-electron chi connectivity index (χ2n) is 9.52. The van der Waals surface area contributed by atoms with Crippen molar-refractivity contribution >= 4 is 16.1 Å². The number of benzene rings is 2. The quantitative estimate of drug-likeness (QED) is 0.402. The SMILES string of the molecule is CCOc1cc(CN(CCC(C)C)S(=O)(=O)c2ccc(OC)c(OC)c2)cc2c1OC(C)(C)C=C2. The molecule has 2 aromatic rings. The van der Waals surface area contributed by atoms with Gasteiger partial charge in [0.2, 0.25) is 10.0 Å². The first kappa shape index (κ1) is 26.9. The van der Waals surface area contributed by atoms with Crippen LogP contribution in [-0.2, 0) is 16.6 Å². The average molecular weight is 504 g/mol. The van der Waals surface area contributed by atoms with E-state index in [1.165, 1.54) is 24.6 Å². The molecule has 0 saturated carbocycles. The molecule has 1 aliphatic rings. The number of methoxy groups -OCH3 is 2. The molecule has 0 unspecified atom stereocenters. The number of nitrogens with zero attached hydrogens (tertiary/aromatic N) is 1. The maximum absolute atomic E-state index is 13.8. The minimum absolute atomic E-state index is 0.159. The molecule has 0 spiro atoms. The predicted molar refractivity (Wildman–Crippen MR) is 138 cm³/mol. The second-order valence-corrected chi connectivity index (χ2v) is 11.5. The van der Waals surface area contributed by atoms with Crippen molar-refractivity contribution in [2.45, 2.75) is 58.1 Å². The van der Waals surface area contributed by atoms with Gasteiger partial charge in [0.25, 0.3) is 0 Å². The third kappa shape index (κ3) is 6.30. The molecule has 192 valence electrons.